The Kier molecular flexibility index (Phi) is 4.73. The number of fused-ring (bicyclic) bond motifs is 1. The van der Waals surface area contributed by atoms with Crippen molar-refractivity contribution in [2.75, 3.05) is 7.05 Å². The molecule has 0 aliphatic carbocycles. The minimum atomic E-state index is -1.10. The lowest BCUT2D eigenvalue weighted by atomic mass is 9.93. The van der Waals surface area contributed by atoms with E-state index < -0.39 is 23.6 Å². The maximum absolute atomic E-state index is 14.4. The predicted molar refractivity (Wildman–Crippen MR) is 94.9 cm³/mol. The van der Waals surface area contributed by atoms with Crippen LogP contribution in [0.25, 0.3) is 22.0 Å². The van der Waals surface area contributed by atoms with Crippen LogP contribution in [-0.2, 0) is 11.8 Å². The van der Waals surface area contributed by atoms with Gasteiger partial charge in [-0.2, -0.15) is 5.10 Å². The summed E-state index contributed by atoms with van der Waals surface area (Å²) in [5.74, 6) is -3.14. The molecule has 0 amide bonds. The van der Waals surface area contributed by atoms with Gasteiger partial charge >= 0.3 is 5.97 Å². The fraction of sp³-hybridized carbons (Fsp3) is 0.263. The van der Waals surface area contributed by atoms with E-state index in [1.165, 1.54) is 13.1 Å². The highest BCUT2D eigenvalue weighted by Crippen LogP contribution is 2.35. The Morgan fingerprint density at radius 1 is 1.35 bits per heavy atom. The largest absolute Gasteiger partial charge is 0.481 e. The van der Waals surface area contributed by atoms with Crippen molar-refractivity contribution in [2.45, 2.75) is 19.4 Å². The smallest absolute Gasteiger partial charge is 0.305 e. The SMILES string of the molecule is CN[C@@H](CC(=O)O)c1cc(-c2c(C)ccc3nn(C)cc23)cc(F)c1F. The minimum absolute atomic E-state index is 0.00908. The number of nitrogens with zero attached hydrogens (tertiary/aromatic N) is 2. The second kappa shape index (κ2) is 6.84. The van der Waals surface area contributed by atoms with Crippen molar-refractivity contribution >= 4 is 16.9 Å². The Morgan fingerprint density at radius 2 is 2.08 bits per heavy atom. The van der Waals surface area contributed by atoms with Crippen LogP contribution >= 0.6 is 0 Å². The first-order valence-electron chi connectivity index (χ1n) is 8.13. The Morgan fingerprint density at radius 3 is 2.73 bits per heavy atom. The van der Waals surface area contributed by atoms with E-state index in [2.05, 4.69) is 10.4 Å². The third-order valence-corrected chi connectivity index (χ3v) is 4.46. The molecule has 1 atom stereocenters. The average Bonchev–Trinajstić information content (AvgIpc) is 2.95. The molecule has 0 unspecified atom stereocenters. The summed E-state index contributed by atoms with van der Waals surface area (Å²) in [6.07, 6.45) is 1.47. The molecule has 1 heterocycles. The van der Waals surface area contributed by atoms with E-state index in [1.807, 2.05) is 25.3 Å². The number of hydrogen-bond donors (Lipinski definition) is 2. The molecule has 2 N–H and O–H groups in total. The summed E-state index contributed by atoms with van der Waals surface area (Å²) >= 11 is 0. The van der Waals surface area contributed by atoms with Crippen molar-refractivity contribution in [3.63, 3.8) is 0 Å². The molecule has 1 aromatic heterocycles. The van der Waals surface area contributed by atoms with Crippen molar-refractivity contribution < 1.29 is 18.7 Å². The number of aliphatic carboxylic acids is 1. The van der Waals surface area contributed by atoms with Crippen molar-refractivity contribution in [3.05, 3.63) is 53.2 Å². The average molecular weight is 359 g/mol. The Balaban J connectivity index is 2.24. The first-order chi connectivity index (χ1) is 12.3. The summed E-state index contributed by atoms with van der Waals surface area (Å²) in [5.41, 5.74) is 2.86. The summed E-state index contributed by atoms with van der Waals surface area (Å²) in [7, 11) is 3.31. The molecule has 0 aliphatic heterocycles. The molecule has 0 bridgehead atoms. The summed E-state index contributed by atoms with van der Waals surface area (Å²) in [6, 6.07) is 5.56. The van der Waals surface area contributed by atoms with Crippen LogP contribution in [0.4, 0.5) is 8.78 Å². The lowest BCUT2D eigenvalue weighted by Gasteiger charge is -2.18. The van der Waals surface area contributed by atoms with Gasteiger partial charge in [0.15, 0.2) is 11.6 Å². The highest BCUT2D eigenvalue weighted by Gasteiger charge is 2.22. The first kappa shape index (κ1) is 18.0. The fourth-order valence-electron chi connectivity index (χ4n) is 3.25. The van der Waals surface area contributed by atoms with Gasteiger partial charge in [-0.3, -0.25) is 9.48 Å². The number of carbonyl (C=O) groups is 1. The molecule has 0 radical (unpaired) electrons. The number of aryl methyl sites for hydroxylation is 2. The summed E-state index contributed by atoms with van der Waals surface area (Å²) in [6.45, 7) is 1.88. The van der Waals surface area contributed by atoms with Gasteiger partial charge in [-0.15, -0.1) is 0 Å². The van der Waals surface area contributed by atoms with Crippen molar-refractivity contribution in [2.24, 2.45) is 7.05 Å². The second-order valence-electron chi connectivity index (χ2n) is 6.29. The molecule has 136 valence electrons. The Hall–Kier alpha value is -2.80. The van der Waals surface area contributed by atoms with Gasteiger partial charge in [0.05, 0.1) is 11.9 Å². The highest BCUT2D eigenvalue weighted by molar-refractivity contribution is 5.96. The third kappa shape index (κ3) is 3.17. The molecular formula is C19H19F2N3O2. The summed E-state index contributed by atoms with van der Waals surface area (Å²) in [4.78, 5) is 11.1. The maximum atomic E-state index is 14.4. The lowest BCUT2D eigenvalue weighted by Crippen LogP contribution is -2.21. The van der Waals surface area contributed by atoms with Crippen molar-refractivity contribution in [1.82, 2.24) is 15.1 Å². The number of hydrogen-bond acceptors (Lipinski definition) is 3. The third-order valence-electron chi connectivity index (χ3n) is 4.46. The van der Waals surface area contributed by atoms with Gasteiger partial charge in [-0.25, -0.2) is 8.78 Å². The molecule has 0 saturated heterocycles. The van der Waals surface area contributed by atoms with Crippen LogP contribution < -0.4 is 5.32 Å². The normalized spacial score (nSPS) is 12.5. The summed E-state index contributed by atoms with van der Waals surface area (Å²) in [5, 5.41) is 17.0. The Bertz CT molecular complexity index is 998. The number of carboxylic acids is 1. The molecule has 0 aliphatic rings. The monoisotopic (exact) mass is 359 g/mol. The number of nitrogens with one attached hydrogen (secondary N) is 1. The minimum Gasteiger partial charge on any atom is -0.481 e. The van der Waals surface area contributed by atoms with Gasteiger partial charge in [-0.1, -0.05) is 6.07 Å². The molecule has 3 aromatic rings. The molecule has 0 saturated carbocycles. The van der Waals surface area contributed by atoms with Crippen molar-refractivity contribution in [1.29, 1.82) is 0 Å². The standard InChI is InChI=1S/C19H19F2N3O2/c1-10-4-5-15-13(9-24(3)23-15)18(10)11-6-12(19(21)14(20)7-11)16(22-2)8-17(25)26/h4-7,9,16,22H,8H2,1-3H3,(H,25,26)/t16-/m0/s1. The van der Waals surface area contributed by atoms with Gasteiger partial charge in [0, 0.05) is 30.2 Å². The van der Waals surface area contributed by atoms with Gasteiger partial charge in [0.2, 0.25) is 0 Å². The zero-order valence-corrected chi connectivity index (χ0v) is 14.7. The maximum Gasteiger partial charge on any atom is 0.305 e. The molecule has 0 spiro atoms. The molecule has 7 heteroatoms. The zero-order valence-electron chi connectivity index (χ0n) is 14.7. The van der Waals surface area contributed by atoms with E-state index in [1.54, 1.807) is 11.7 Å². The highest BCUT2D eigenvalue weighted by atomic mass is 19.2. The summed E-state index contributed by atoms with van der Waals surface area (Å²) < 4.78 is 30.4. The molecular weight excluding hydrogens is 340 g/mol. The second-order valence-corrected chi connectivity index (χ2v) is 6.29. The van der Waals surface area contributed by atoms with Crippen LogP contribution in [0.2, 0.25) is 0 Å². The van der Waals surface area contributed by atoms with Gasteiger partial charge in [-0.05, 0) is 48.9 Å². The topological polar surface area (TPSA) is 67.2 Å². The first-order valence-corrected chi connectivity index (χ1v) is 8.13. The number of aromatic nitrogens is 2. The van der Waals surface area contributed by atoms with E-state index in [0.717, 1.165) is 28.1 Å². The molecule has 2 aromatic carbocycles. The molecule has 26 heavy (non-hydrogen) atoms. The van der Waals surface area contributed by atoms with E-state index in [-0.39, 0.29) is 12.0 Å². The van der Waals surface area contributed by atoms with Gasteiger partial charge in [0.1, 0.15) is 0 Å². The van der Waals surface area contributed by atoms with E-state index in [0.29, 0.717) is 5.56 Å². The van der Waals surface area contributed by atoms with E-state index in [4.69, 9.17) is 5.11 Å². The fourth-order valence-corrected chi connectivity index (χ4v) is 3.25. The van der Waals surface area contributed by atoms with Crippen LogP contribution in [0.3, 0.4) is 0 Å². The molecule has 0 fully saturated rings. The molecule has 3 rings (SSSR count). The zero-order chi connectivity index (χ0) is 19.0. The lowest BCUT2D eigenvalue weighted by molar-refractivity contribution is -0.137. The van der Waals surface area contributed by atoms with Gasteiger partial charge in [0.25, 0.3) is 0 Å². The van der Waals surface area contributed by atoms with Crippen LogP contribution in [0.1, 0.15) is 23.6 Å². The van der Waals surface area contributed by atoms with E-state index in [9.17, 15) is 13.6 Å². The van der Waals surface area contributed by atoms with E-state index >= 15 is 0 Å². The van der Waals surface area contributed by atoms with Crippen LogP contribution in [0, 0.1) is 18.6 Å². The van der Waals surface area contributed by atoms with Gasteiger partial charge < -0.3 is 10.4 Å². The van der Waals surface area contributed by atoms with Crippen LogP contribution in [0.5, 0.6) is 0 Å². The molecule has 5 nitrogen and oxygen atoms in total. The number of carboxylic acid groups (broad SMARTS) is 1. The predicted octanol–water partition coefficient (Wildman–Crippen LogP) is 3.56. The number of rotatable bonds is 5. The Labute approximate surface area is 149 Å². The number of halogens is 2. The van der Waals surface area contributed by atoms with Crippen LogP contribution in [-0.4, -0.2) is 27.9 Å². The quantitative estimate of drug-likeness (QED) is 0.731. The van der Waals surface area contributed by atoms with Crippen molar-refractivity contribution in [3.8, 4) is 11.1 Å². The van der Waals surface area contributed by atoms with Crippen LogP contribution in [0.15, 0.2) is 30.5 Å². The number of benzene rings is 2.